The van der Waals surface area contributed by atoms with Gasteiger partial charge in [0.2, 0.25) is 5.91 Å². The van der Waals surface area contributed by atoms with Crippen molar-refractivity contribution < 1.29 is 18.7 Å². The molecule has 0 bridgehead atoms. The van der Waals surface area contributed by atoms with Crippen LogP contribution in [0.1, 0.15) is 12.8 Å². The Morgan fingerprint density at radius 3 is 2.65 bits per heavy atom. The monoisotopic (exact) mass is 348 g/mol. The average molecular weight is 349 g/mol. The first kappa shape index (κ1) is 15.3. The largest absolute Gasteiger partial charge is 0.393 e. The van der Waals surface area contributed by atoms with Crippen molar-refractivity contribution in [3.63, 3.8) is 0 Å². The maximum absolute atomic E-state index is 13.6. The van der Waals surface area contributed by atoms with Crippen LogP contribution >= 0.6 is 15.9 Å². The van der Waals surface area contributed by atoms with Gasteiger partial charge in [-0.1, -0.05) is 0 Å². The smallest absolute Gasteiger partial charge is 0.238 e. The highest BCUT2D eigenvalue weighted by atomic mass is 79.9. The molecule has 0 aliphatic carbocycles. The van der Waals surface area contributed by atoms with E-state index >= 15 is 0 Å². The molecule has 1 aliphatic rings. The Kier molecular flexibility index (Phi) is 5.06. The zero-order valence-corrected chi connectivity index (χ0v) is 12.3. The van der Waals surface area contributed by atoms with Crippen LogP contribution in [-0.2, 0) is 4.79 Å². The lowest BCUT2D eigenvalue weighted by Crippen LogP contribution is -2.40. The molecule has 7 heteroatoms. The Morgan fingerprint density at radius 1 is 1.40 bits per heavy atom. The summed E-state index contributed by atoms with van der Waals surface area (Å²) in [6.07, 6.45) is 0.946. The predicted octanol–water partition coefficient (Wildman–Crippen LogP) is 2.12. The van der Waals surface area contributed by atoms with E-state index in [4.69, 9.17) is 0 Å². The first-order valence-corrected chi connectivity index (χ1v) is 7.10. The number of amides is 1. The standard InChI is InChI=1S/C13H15BrF2N2O2/c14-10-5-8(15)6-11(16)13(10)17-12(20)7-18-3-1-9(19)2-4-18/h5-6,9,19H,1-4,7H2,(H,17,20). The maximum atomic E-state index is 13.6. The minimum atomic E-state index is -0.820. The normalized spacial score (nSPS) is 17.2. The predicted molar refractivity (Wildman–Crippen MR) is 74.4 cm³/mol. The zero-order chi connectivity index (χ0) is 14.7. The van der Waals surface area contributed by atoms with Gasteiger partial charge < -0.3 is 10.4 Å². The molecule has 2 rings (SSSR count). The van der Waals surface area contributed by atoms with Gasteiger partial charge in [-0.15, -0.1) is 0 Å². The summed E-state index contributed by atoms with van der Waals surface area (Å²) in [6.45, 7) is 1.37. The van der Waals surface area contributed by atoms with E-state index < -0.39 is 11.6 Å². The molecular formula is C13H15BrF2N2O2. The molecule has 1 amide bonds. The third kappa shape index (κ3) is 3.97. The van der Waals surface area contributed by atoms with Gasteiger partial charge in [-0.05, 0) is 34.8 Å². The molecule has 1 heterocycles. The lowest BCUT2D eigenvalue weighted by atomic mass is 10.1. The first-order chi connectivity index (χ1) is 9.45. The van der Waals surface area contributed by atoms with Gasteiger partial charge in [-0.2, -0.15) is 0 Å². The van der Waals surface area contributed by atoms with Gasteiger partial charge in [0.05, 0.1) is 18.3 Å². The molecule has 0 atom stereocenters. The summed E-state index contributed by atoms with van der Waals surface area (Å²) in [5.41, 5.74) is -0.0616. The lowest BCUT2D eigenvalue weighted by molar-refractivity contribution is -0.117. The summed E-state index contributed by atoms with van der Waals surface area (Å²) in [4.78, 5) is 13.7. The fourth-order valence-corrected chi connectivity index (χ4v) is 2.63. The number of aliphatic hydroxyl groups excluding tert-OH is 1. The van der Waals surface area contributed by atoms with Crippen molar-refractivity contribution in [2.45, 2.75) is 18.9 Å². The van der Waals surface area contributed by atoms with Crippen LogP contribution in [0, 0.1) is 11.6 Å². The van der Waals surface area contributed by atoms with Gasteiger partial charge in [-0.25, -0.2) is 8.78 Å². The van der Waals surface area contributed by atoms with Crippen LogP contribution in [0.3, 0.4) is 0 Å². The molecule has 1 fully saturated rings. The highest BCUT2D eigenvalue weighted by Crippen LogP contribution is 2.26. The Hall–Kier alpha value is -1.05. The molecule has 0 aromatic heterocycles. The number of aliphatic hydroxyl groups is 1. The third-order valence-electron chi connectivity index (χ3n) is 3.20. The van der Waals surface area contributed by atoms with Crippen molar-refractivity contribution in [2.24, 2.45) is 0 Å². The Labute approximate surface area is 123 Å². The van der Waals surface area contributed by atoms with Gasteiger partial charge in [0, 0.05) is 23.6 Å². The second-order valence-corrected chi connectivity index (χ2v) is 5.65. The maximum Gasteiger partial charge on any atom is 0.238 e. The van der Waals surface area contributed by atoms with Crippen molar-refractivity contribution in [2.75, 3.05) is 25.0 Å². The molecule has 0 radical (unpaired) electrons. The molecule has 0 unspecified atom stereocenters. The molecule has 20 heavy (non-hydrogen) atoms. The van der Waals surface area contributed by atoms with Crippen LogP contribution in [0.25, 0.3) is 0 Å². The van der Waals surface area contributed by atoms with Gasteiger partial charge in [-0.3, -0.25) is 9.69 Å². The van der Waals surface area contributed by atoms with Crippen molar-refractivity contribution in [3.8, 4) is 0 Å². The molecule has 1 aromatic rings. The molecule has 1 aliphatic heterocycles. The topological polar surface area (TPSA) is 52.6 Å². The van der Waals surface area contributed by atoms with Gasteiger partial charge in [0.25, 0.3) is 0 Å². The molecule has 2 N–H and O–H groups in total. The van der Waals surface area contributed by atoms with Crippen LogP contribution in [0.4, 0.5) is 14.5 Å². The number of carbonyl (C=O) groups is 1. The van der Waals surface area contributed by atoms with Crippen molar-refractivity contribution in [3.05, 3.63) is 28.2 Å². The number of anilines is 1. The lowest BCUT2D eigenvalue weighted by Gasteiger charge is -2.28. The Balaban J connectivity index is 1.95. The number of hydrogen-bond donors (Lipinski definition) is 2. The van der Waals surface area contributed by atoms with E-state index in [0.29, 0.717) is 25.9 Å². The van der Waals surface area contributed by atoms with Crippen LogP contribution in [0.5, 0.6) is 0 Å². The zero-order valence-electron chi connectivity index (χ0n) is 10.7. The molecule has 110 valence electrons. The number of halogens is 3. The fourth-order valence-electron chi connectivity index (χ4n) is 2.12. The summed E-state index contributed by atoms with van der Waals surface area (Å²) in [7, 11) is 0. The summed E-state index contributed by atoms with van der Waals surface area (Å²) in [6, 6.07) is 1.81. The number of hydrogen-bond acceptors (Lipinski definition) is 3. The van der Waals surface area contributed by atoms with Crippen LogP contribution in [0.15, 0.2) is 16.6 Å². The highest BCUT2D eigenvalue weighted by Gasteiger charge is 2.20. The van der Waals surface area contributed by atoms with Gasteiger partial charge >= 0.3 is 0 Å². The van der Waals surface area contributed by atoms with Crippen LogP contribution in [-0.4, -0.2) is 41.7 Å². The van der Waals surface area contributed by atoms with E-state index in [1.807, 2.05) is 4.90 Å². The third-order valence-corrected chi connectivity index (χ3v) is 3.82. The number of nitrogens with zero attached hydrogens (tertiary/aromatic N) is 1. The van der Waals surface area contributed by atoms with E-state index in [9.17, 15) is 18.7 Å². The van der Waals surface area contributed by atoms with Gasteiger partial charge in [0.1, 0.15) is 5.82 Å². The Bertz CT molecular complexity index is 482. The second kappa shape index (κ2) is 6.60. The van der Waals surface area contributed by atoms with Crippen molar-refractivity contribution in [1.82, 2.24) is 4.90 Å². The SMILES string of the molecule is O=C(CN1CCC(O)CC1)Nc1c(F)cc(F)cc1Br. The molecule has 0 spiro atoms. The highest BCUT2D eigenvalue weighted by molar-refractivity contribution is 9.10. The summed E-state index contributed by atoms with van der Waals surface area (Å²) in [5.74, 6) is -1.90. The second-order valence-electron chi connectivity index (χ2n) is 4.80. The Morgan fingerprint density at radius 2 is 2.05 bits per heavy atom. The molecular weight excluding hydrogens is 334 g/mol. The van der Waals surface area contributed by atoms with E-state index in [2.05, 4.69) is 21.2 Å². The molecule has 0 saturated carbocycles. The first-order valence-electron chi connectivity index (χ1n) is 6.30. The van der Waals surface area contributed by atoms with E-state index in [1.165, 1.54) is 0 Å². The summed E-state index contributed by atoms with van der Waals surface area (Å²) < 4.78 is 26.7. The number of benzene rings is 1. The fraction of sp³-hybridized carbons (Fsp3) is 0.462. The molecule has 1 saturated heterocycles. The molecule has 4 nitrogen and oxygen atoms in total. The van der Waals surface area contributed by atoms with Crippen molar-refractivity contribution >= 4 is 27.5 Å². The van der Waals surface area contributed by atoms with Crippen LogP contribution < -0.4 is 5.32 Å². The number of nitrogens with one attached hydrogen (secondary N) is 1. The molecule has 1 aromatic carbocycles. The van der Waals surface area contributed by atoms with E-state index in [0.717, 1.165) is 12.1 Å². The minimum absolute atomic E-state index is 0.0616. The van der Waals surface area contributed by atoms with E-state index in [-0.39, 0.29) is 28.7 Å². The minimum Gasteiger partial charge on any atom is -0.393 e. The summed E-state index contributed by atoms with van der Waals surface area (Å²) in [5, 5.41) is 11.8. The van der Waals surface area contributed by atoms with Crippen LogP contribution in [0.2, 0.25) is 0 Å². The van der Waals surface area contributed by atoms with E-state index in [1.54, 1.807) is 0 Å². The quantitative estimate of drug-likeness (QED) is 0.879. The number of piperidine rings is 1. The number of rotatable bonds is 3. The number of carbonyl (C=O) groups excluding carboxylic acids is 1. The summed E-state index contributed by atoms with van der Waals surface area (Å²) >= 11 is 3.02. The number of likely N-dealkylation sites (tertiary alicyclic amines) is 1. The van der Waals surface area contributed by atoms with Crippen molar-refractivity contribution in [1.29, 1.82) is 0 Å². The average Bonchev–Trinajstić information content (AvgIpc) is 2.36. The van der Waals surface area contributed by atoms with Gasteiger partial charge in [0.15, 0.2) is 5.82 Å².